The van der Waals surface area contributed by atoms with Crippen LogP contribution in [-0.4, -0.2) is 62.6 Å². The fourth-order valence-corrected chi connectivity index (χ4v) is 5.48. The van der Waals surface area contributed by atoms with Crippen LogP contribution >= 0.6 is 0 Å². The van der Waals surface area contributed by atoms with Crippen LogP contribution in [0.4, 0.5) is 5.69 Å². The summed E-state index contributed by atoms with van der Waals surface area (Å²) < 4.78 is 17.6. The summed E-state index contributed by atoms with van der Waals surface area (Å²) in [6.07, 6.45) is 2.17. The summed E-state index contributed by atoms with van der Waals surface area (Å²) in [5.41, 5.74) is 5.64. The van der Waals surface area contributed by atoms with Gasteiger partial charge in [-0.05, 0) is 29.3 Å². The van der Waals surface area contributed by atoms with Gasteiger partial charge in [0.2, 0.25) is 0 Å². The Morgan fingerprint density at radius 1 is 1.15 bits per heavy atom. The molecule has 3 heterocycles. The number of aromatic amines is 1. The molecule has 7 heteroatoms. The third kappa shape index (κ3) is 3.26. The highest BCUT2D eigenvalue weighted by Gasteiger charge is 2.41. The van der Waals surface area contributed by atoms with Gasteiger partial charge >= 0.3 is 0 Å². The number of hydrogen-bond acceptors (Lipinski definition) is 6. The number of nitrogens with zero attached hydrogens (tertiary/aromatic N) is 1. The summed E-state index contributed by atoms with van der Waals surface area (Å²) in [7, 11) is 0. The standard InChI is InChI=1S/C27H29N3O4/c1-27(2)20-13-22(30-6-9-32-10-7-30)23(34-17-5-8-33-15-17)12-19(20)25(31)24-18-4-3-16(14-28)11-21(18)29-26(24)27/h3-4,11-14,17,28-29H,5-10,15H2,1-2H3. The number of rotatable bonds is 4. The molecular weight excluding hydrogens is 430 g/mol. The molecule has 6 rings (SSSR count). The van der Waals surface area contributed by atoms with Crippen molar-refractivity contribution >= 4 is 28.6 Å². The number of carbonyl (C=O) groups excluding carboxylic acids is 1. The van der Waals surface area contributed by atoms with Gasteiger partial charge in [-0.2, -0.15) is 0 Å². The number of fused-ring (bicyclic) bond motifs is 4. The number of anilines is 1. The molecule has 176 valence electrons. The van der Waals surface area contributed by atoms with E-state index in [-0.39, 0.29) is 11.9 Å². The highest BCUT2D eigenvalue weighted by Crippen LogP contribution is 2.47. The number of ketones is 1. The third-order valence-electron chi connectivity index (χ3n) is 7.39. The van der Waals surface area contributed by atoms with Crippen LogP contribution in [0.25, 0.3) is 10.9 Å². The zero-order valence-corrected chi connectivity index (χ0v) is 19.6. The second kappa shape index (κ2) is 7.96. The van der Waals surface area contributed by atoms with E-state index < -0.39 is 5.41 Å². The van der Waals surface area contributed by atoms with E-state index in [1.165, 1.54) is 6.21 Å². The fraction of sp³-hybridized carbons (Fsp3) is 0.407. The Balaban J connectivity index is 1.53. The molecule has 34 heavy (non-hydrogen) atoms. The SMILES string of the molecule is CC1(C)c2cc(N3CCOCC3)c(OC3CCOC3)cc2C(=O)c2c1[nH]c1cc(C=N)ccc21. The Bertz CT molecular complexity index is 1300. The van der Waals surface area contributed by atoms with E-state index in [1.807, 2.05) is 24.3 Å². The normalized spacial score (nSPS) is 21.4. The maximum Gasteiger partial charge on any atom is 0.195 e. The highest BCUT2D eigenvalue weighted by molar-refractivity contribution is 6.20. The molecule has 2 N–H and O–H groups in total. The van der Waals surface area contributed by atoms with Gasteiger partial charge in [0.05, 0.1) is 37.7 Å². The number of ether oxygens (including phenoxy) is 3. The molecule has 7 nitrogen and oxygen atoms in total. The highest BCUT2D eigenvalue weighted by atomic mass is 16.5. The van der Waals surface area contributed by atoms with E-state index in [1.54, 1.807) is 0 Å². The molecule has 0 bridgehead atoms. The Kier molecular flexibility index (Phi) is 5.00. The number of hydrogen-bond donors (Lipinski definition) is 2. The Morgan fingerprint density at radius 3 is 2.71 bits per heavy atom. The van der Waals surface area contributed by atoms with Crippen molar-refractivity contribution in [3.63, 3.8) is 0 Å². The summed E-state index contributed by atoms with van der Waals surface area (Å²) in [6.45, 7) is 8.52. The first kappa shape index (κ1) is 21.4. The first-order valence-electron chi connectivity index (χ1n) is 11.9. The van der Waals surface area contributed by atoms with Crippen molar-refractivity contribution in [2.24, 2.45) is 0 Å². The molecule has 0 radical (unpaired) electrons. The number of aromatic nitrogens is 1. The van der Waals surface area contributed by atoms with Gasteiger partial charge in [-0.3, -0.25) is 4.79 Å². The van der Waals surface area contributed by atoms with Crippen LogP contribution in [0.2, 0.25) is 0 Å². The fourth-order valence-electron chi connectivity index (χ4n) is 5.48. The Morgan fingerprint density at radius 2 is 1.97 bits per heavy atom. The maximum absolute atomic E-state index is 13.9. The number of morpholine rings is 1. The van der Waals surface area contributed by atoms with E-state index in [2.05, 4.69) is 29.8 Å². The quantitative estimate of drug-likeness (QED) is 0.575. The molecule has 0 saturated carbocycles. The molecule has 0 spiro atoms. The predicted octanol–water partition coefficient (Wildman–Crippen LogP) is 4.04. The second-order valence-electron chi connectivity index (χ2n) is 9.85. The van der Waals surface area contributed by atoms with Crippen LogP contribution in [0.15, 0.2) is 30.3 Å². The van der Waals surface area contributed by atoms with Crippen molar-refractivity contribution in [1.82, 2.24) is 4.98 Å². The summed E-state index contributed by atoms with van der Waals surface area (Å²) in [6, 6.07) is 9.87. The van der Waals surface area contributed by atoms with Gasteiger partial charge in [0.25, 0.3) is 0 Å². The van der Waals surface area contributed by atoms with Crippen molar-refractivity contribution in [2.75, 3.05) is 44.4 Å². The van der Waals surface area contributed by atoms with Crippen molar-refractivity contribution in [2.45, 2.75) is 31.8 Å². The van der Waals surface area contributed by atoms with Gasteiger partial charge in [0.15, 0.2) is 5.78 Å². The summed E-state index contributed by atoms with van der Waals surface area (Å²) >= 11 is 0. The minimum absolute atomic E-state index is 0.00673. The summed E-state index contributed by atoms with van der Waals surface area (Å²) in [5.74, 6) is 0.758. The maximum atomic E-state index is 13.9. The Labute approximate surface area is 198 Å². The molecule has 2 aliphatic heterocycles. The van der Waals surface area contributed by atoms with Crippen LogP contribution < -0.4 is 9.64 Å². The lowest BCUT2D eigenvalue weighted by Gasteiger charge is -2.36. The molecule has 0 amide bonds. The molecular formula is C27H29N3O4. The molecule has 1 unspecified atom stereocenters. The lowest BCUT2D eigenvalue weighted by Crippen LogP contribution is -2.38. The molecule has 3 aliphatic rings. The number of benzene rings is 2. The average molecular weight is 460 g/mol. The van der Waals surface area contributed by atoms with Gasteiger partial charge < -0.3 is 29.5 Å². The van der Waals surface area contributed by atoms with E-state index in [9.17, 15) is 4.79 Å². The van der Waals surface area contributed by atoms with E-state index in [0.29, 0.717) is 32.0 Å². The van der Waals surface area contributed by atoms with Crippen LogP contribution in [-0.2, 0) is 14.9 Å². The van der Waals surface area contributed by atoms with Crippen LogP contribution in [0.3, 0.4) is 0 Å². The molecule has 1 atom stereocenters. The molecule has 2 aromatic carbocycles. The first-order valence-corrected chi connectivity index (χ1v) is 11.9. The minimum atomic E-state index is -0.404. The average Bonchev–Trinajstić information content (AvgIpc) is 3.51. The molecule has 2 fully saturated rings. The first-order chi connectivity index (χ1) is 16.5. The lowest BCUT2D eigenvalue weighted by atomic mass is 9.71. The molecule has 1 aromatic heterocycles. The lowest BCUT2D eigenvalue weighted by molar-refractivity contribution is 0.103. The summed E-state index contributed by atoms with van der Waals surface area (Å²) in [4.78, 5) is 19.7. The smallest absolute Gasteiger partial charge is 0.195 e. The largest absolute Gasteiger partial charge is 0.486 e. The van der Waals surface area contributed by atoms with E-state index in [4.69, 9.17) is 19.6 Å². The number of carbonyl (C=O) groups is 1. The molecule has 1 aliphatic carbocycles. The van der Waals surface area contributed by atoms with E-state index >= 15 is 0 Å². The second-order valence-corrected chi connectivity index (χ2v) is 9.85. The summed E-state index contributed by atoms with van der Waals surface area (Å²) in [5, 5.41) is 8.50. The van der Waals surface area contributed by atoms with Crippen molar-refractivity contribution in [3.8, 4) is 5.75 Å². The van der Waals surface area contributed by atoms with Crippen molar-refractivity contribution < 1.29 is 19.0 Å². The van der Waals surface area contributed by atoms with Crippen LogP contribution in [0.5, 0.6) is 5.75 Å². The van der Waals surface area contributed by atoms with Gasteiger partial charge in [0.1, 0.15) is 11.9 Å². The Hall–Kier alpha value is -3.16. The molecule has 2 saturated heterocycles. The molecule has 3 aromatic rings. The van der Waals surface area contributed by atoms with E-state index in [0.717, 1.165) is 64.2 Å². The predicted molar refractivity (Wildman–Crippen MR) is 131 cm³/mol. The van der Waals surface area contributed by atoms with Crippen molar-refractivity contribution in [3.05, 3.63) is 58.3 Å². The number of nitrogens with one attached hydrogen (secondary N) is 2. The third-order valence-corrected chi connectivity index (χ3v) is 7.39. The minimum Gasteiger partial charge on any atom is -0.486 e. The van der Waals surface area contributed by atoms with Gasteiger partial charge in [0, 0.05) is 53.3 Å². The number of H-pyrrole nitrogens is 1. The van der Waals surface area contributed by atoms with Gasteiger partial charge in [-0.15, -0.1) is 0 Å². The van der Waals surface area contributed by atoms with Crippen molar-refractivity contribution in [1.29, 1.82) is 5.41 Å². The van der Waals surface area contributed by atoms with Gasteiger partial charge in [-0.25, -0.2) is 0 Å². The van der Waals surface area contributed by atoms with Crippen LogP contribution in [0, 0.1) is 5.41 Å². The van der Waals surface area contributed by atoms with Crippen LogP contribution in [0.1, 0.15) is 53.0 Å². The monoisotopic (exact) mass is 459 g/mol. The topological polar surface area (TPSA) is 87.6 Å². The zero-order valence-electron chi connectivity index (χ0n) is 19.6. The zero-order chi connectivity index (χ0) is 23.4. The van der Waals surface area contributed by atoms with Gasteiger partial charge in [-0.1, -0.05) is 26.0 Å².